The maximum absolute atomic E-state index is 13.5. The lowest BCUT2D eigenvalue weighted by molar-refractivity contribution is 0.0572. The lowest BCUT2D eigenvalue weighted by Gasteiger charge is -2.23. The summed E-state index contributed by atoms with van der Waals surface area (Å²) in [6, 6.07) is 2.95. The first-order valence-corrected chi connectivity index (χ1v) is 5.99. The van der Waals surface area contributed by atoms with Gasteiger partial charge in [0.2, 0.25) is 0 Å². The molecule has 0 spiro atoms. The molecule has 3 N–H and O–H groups in total. The molecule has 0 radical (unpaired) electrons. The van der Waals surface area contributed by atoms with Crippen LogP contribution in [0.1, 0.15) is 24.2 Å². The van der Waals surface area contributed by atoms with E-state index in [0.717, 1.165) is 0 Å². The van der Waals surface area contributed by atoms with Gasteiger partial charge in [-0.25, -0.2) is 4.39 Å². The summed E-state index contributed by atoms with van der Waals surface area (Å²) in [5.41, 5.74) is 1.61. The third-order valence-corrected chi connectivity index (χ3v) is 3.36. The first-order valence-electron chi connectivity index (χ1n) is 5.99. The summed E-state index contributed by atoms with van der Waals surface area (Å²) in [5, 5.41) is 28.8. The van der Waals surface area contributed by atoms with Crippen molar-refractivity contribution in [2.45, 2.75) is 32.2 Å². The minimum absolute atomic E-state index is 0.284. The molecule has 18 heavy (non-hydrogen) atoms. The van der Waals surface area contributed by atoms with Crippen LogP contribution in [0.2, 0.25) is 0 Å². The van der Waals surface area contributed by atoms with Crippen LogP contribution >= 0.6 is 0 Å². The van der Waals surface area contributed by atoms with Gasteiger partial charge in [0, 0.05) is 24.3 Å². The fourth-order valence-corrected chi connectivity index (χ4v) is 2.26. The van der Waals surface area contributed by atoms with Crippen LogP contribution in [0.5, 0.6) is 0 Å². The molecule has 4 nitrogen and oxygen atoms in total. The van der Waals surface area contributed by atoms with E-state index >= 15 is 0 Å². The van der Waals surface area contributed by atoms with Gasteiger partial charge in [0.15, 0.2) is 0 Å². The molecule has 1 heterocycles. The molecule has 1 aromatic rings. The van der Waals surface area contributed by atoms with E-state index in [1.165, 1.54) is 6.07 Å². The van der Waals surface area contributed by atoms with Crippen LogP contribution in [-0.4, -0.2) is 40.6 Å². The monoisotopic (exact) mass is 255 g/mol. The Kier molecular flexibility index (Phi) is 3.56. The van der Waals surface area contributed by atoms with Gasteiger partial charge in [0.05, 0.1) is 18.3 Å². The number of aliphatic hydroxyl groups is 3. The van der Waals surface area contributed by atoms with Crippen LogP contribution in [0, 0.1) is 12.7 Å². The van der Waals surface area contributed by atoms with Crippen molar-refractivity contribution in [1.82, 2.24) is 0 Å². The Labute approximate surface area is 105 Å². The topological polar surface area (TPSA) is 63.9 Å². The number of hydrogen-bond donors (Lipinski definition) is 3. The molecule has 5 heteroatoms. The van der Waals surface area contributed by atoms with Crippen LogP contribution in [-0.2, 0) is 0 Å². The van der Waals surface area contributed by atoms with Crippen LogP contribution in [0.25, 0.3) is 0 Å². The molecule has 2 unspecified atom stereocenters. The van der Waals surface area contributed by atoms with Gasteiger partial charge < -0.3 is 20.2 Å². The number of anilines is 1. The molecule has 1 saturated heterocycles. The number of aliphatic hydroxyl groups excluding tert-OH is 3. The third-order valence-electron chi connectivity index (χ3n) is 3.36. The quantitative estimate of drug-likeness (QED) is 0.729. The highest BCUT2D eigenvalue weighted by atomic mass is 19.1. The van der Waals surface area contributed by atoms with E-state index in [0.29, 0.717) is 16.8 Å². The Bertz CT molecular complexity index is 440. The summed E-state index contributed by atoms with van der Waals surface area (Å²) in [6.07, 6.45) is -2.42. The predicted molar refractivity (Wildman–Crippen MR) is 66.0 cm³/mol. The van der Waals surface area contributed by atoms with Crippen molar-refractivity contribution in [3.63, 3.8) is 0 Å². The predicted octanol–water partition coefficient (Wildman–Crippen LogP) is 0.729. The van der Waals surface area contributed by atoms with Gasteiger partial charge in [-0.3, -0.25) is 0 Å². The summed E-state index contributed by atoms with van der Waals surface area (Å²) >= 11 is 0. The Morgan fingerprint density at radius 3 is 2.33 bits per heavy atom. The van der Waals surface area contributed by atoms with E-state index in [1.807, 2.05) is 0 Å². The van der Waals surface area contributed by atoms with E-state index in [-0.39, 0.29) is 18.9 Å². The molecule has 1 aliphatic heterocycles. The molecule has 1 aromatic carbocycles. The van der Waals surface area contributed by atoms with Crippen LogP contribution in [0.3, 0.4) is 0 Å². The van der Waals surface area contributed by atoms with E-state index < -0.39 is 18.3 Å². The molecule has 0 bridgehead atoms. The molecular weight excluding hydrogens is 237 g/mol. The molecule has 1 fully saturated rings. The van der Waals surface area contributed by atoms with Crippen LogP contribution in [0.4, 0.5) is 10.1 Å². The smallest absolute Gasteiger partial charge is 0.126 e. The minimum atomic E-state index is -0.808. The maximum Gasteiger partial charge on any atom is 0.126 e. The van der Waals surface area contributed by atoms with E-state index in [2.05, 4.69) is 0 Å². The Morgan fingerprint density at radius 2 is 1.83 bits per heavy atom. The van der Waals surface area contributed by atoms with Crippen molar-refractivity contribution in [1.29, 1.82) is 0 Å². The highest BCUT2D eigenvalue weighted by molar-refractivity contribution is 5.57. The second-order valence-corrected chi connectivity index (χ2v) is 4.88. The van der Waals surface area contributed by atoms with E-state index in [9.17, 15) is 19.7 Å². The molecule has 100 valence electrons. The SMILES string of the molecule is Cc1cc(N2CC(O)C(O)C2)c([C@@H](C)O)cc1F. The fourth-order valence-electron chi connectivity index (χ4n) is 2.26. The van der Waals surface area contributed by atoms with Gasteiger partial charge in [-0.05, 0) is 31.5 Å². The van der Waals surface area contributed by atoms with Crippen molar-refractivity contribution < 1.29 is 19.7 Å². The highest BCUT2D eigenvalue weighted by Crippen LogP contribution is 2.31. The highest BCUT2D eigenvalue weighted by Gasteiger charge is 2.31. The van der Waals surface area contributed by atoms with Crippen LogP contribution < -0.4 is 4.90 Å². The molecule has 0 aromatic heterocycles. The molecule has 2 rings (SSSR count). The summed E-state index contributed by atoms with van der Waals surface area (Å²) in [4.78, 5) is 1.77. The maximum atomic E-state index is 13.5. The van der Waals surface area contributed by atoms with Gasteiger partial charge in [-0.15, -0.1) is 0 Å². The normalized spacial score (nSPS) is 25.6. The standard InChI is InChI=1S/C13H18FNO3/c1-7-3-11(9(8(2)16)4-10(7)14)15-5-12(17)13(18)6-15/h3-4,8,12-13,16-18H,5-6H2,1-2H3/t8-,12?,13?/m1/s1. The summed E-state index contributed by atoms with van der Waals surface area (Å²) in [5.74, 6) is -0.366. The van der Waals surface area contributed by atoms with Gasteiger partial charge in [0.25, 0.3) is 0 Å². The Hall–Kier alpha value is -1.17. The zero-order valence-corrected chi connectivity index (χ0v) is 10.5. The molecule has 0 saturated carbocycles. The number of β-amino-alcohol motifs (C(OH)–C–C–N with tert-alkyl or cyclic N) is 2. The number of hydrogen-bond acceptors (Lipinski definition) is 4. The second kappa shape index (κ2) is 4.84. The third kappa shape index (κ3) is 2.34. The van der Waals surface area contributed by atoms with Crippen molar-refractivity contribution in [2.75, 3.05) is 18.0 Å². The zero-order valence-electron chi connectivity index (χ0n) is 10.5. The lowest BCUT2D eigenvalue weighted by Crippen LogP contribution is -2.23. The van der Waals surface area contributed by atoms with Crippen molar-refractivity contribution in [2.24, 2.45) is 0 Å². The first-order chi connectivity index (χ1) is 8.40. The summed E-state index contributed by atoms with van der Waals surface area (Å²) in [7, 11) is 0. The van der Waals surface area contributed by atoms with Gasteiger partial charge >= 0.3 is 0 Å². The lowest BCUT2D eigenvalue weighted by atomic mass is 10.0. The molecule has 0 aliphatic carbocycles. The second-order valence-electron chi connectivity index (χ2n) is 4.88. The molecule has 1 aliphatic rings. The first kappa shape index (κ1) is 13.3. The fraction of sp³-hybridized carbons (Fsp3) is 0.538. The minimum Gasteiger partial charge on any atom is -0.389 e. The number of rotatable bonds is 2. The molecule has 0 amide bonds. The molecular formula is C13H18FNO3. The number of halogens is 1. The van der Waals surface area contributed by atoms with Gasteiger partial charge in [-0.2, -0.15) is 0 Å². The van der Waals surface area contributed by atoms with E-state index in [1.54, 1.807) is 24.8 Å². The summed E-state index contributed by atoms with van der Waals surface area (Å²) < 4.78 is 13.5. The Morgan fingerprint density at radius 1 is 1.28 bits per heavy atom. The summed E-state index contributed by atoms with van der Waals surface area (Å²) in [6.45, 7) is 3.78. The zero-order chi connectivity index (χ0) is 13.4. The van der Waals surface area contributed by atoms with Crippen molar-refractivity contribution >= 4 is 5.69 Å². The van der Waals surface area contributed by atoms with E-state index in [4.69, 9.17) is 0 Å². The molecule has 3 atom stereocenters. The average Bonchev–Trinajstić information content (AvgIpc) is 2.62. The number of aryl methyl sites for hydroxylation is 1. The largest absolute Gasteiger partial charge is 0.389 e. The Balaban J connectivity index is 2.40. The average molecular weight is 255 g/mol. The van der Waals surface area contributed by atoms with Gasteiger partial charge in [0.1, 0.15) is 5.82 Å². The van der Waals surface area contributed by atoms with Crippen LogP contribution in [0.15, 0.2) is 12.1 Å². The number of benzene rings is 1. The van der Waals surface area contributed by atoms with Crippen molar-refractivity contribution in [3.8, 4) is 0 Å². The number of nitrogens with zero attached hydrogens (tertiary/aromatic N) is 1. The van der Waals surface area contributed by atoms with Crippen molar-refractivity contribution in [3.05, 3.63) is 29.1 Å². The van der Waals surface area contributed by atoms with Gasteiger partial charge in [-0.1, -0.05) is 0 Å².